The Hall–Kier alpha value is -1.49. The molecule has 1 aromatic carbocycles. The predicted octanol–water partition coefficient (Wildman–Crippen LogP) is 3.15. The summed E-state index contributed by atoms with van der Waals surface area (Å²) in [5.41, 5.74) is 0.216. The van der Waals surface area contributed by atoms with E-state index in [1.165, 1.54) is 12.1 Å². The second kappa shape index (κ2) is 9.42. The maximum atomic E-state index is 14.1. The van der Waals surface area contributed by atoms with Crippen molar-refractivity contribution in [1.29, 1.82) is 0 Å². The number of hydrogen-bond donors (Lipinski definition) is 0. The fourth-order valence-electron chi connectivity index (χ4n) is 1.63. The second-order valence-electron chi connectivity index (χ2n) is 3.74. The van der Waals surface area contributed by atoms with Crippen LogP contribution in [0.15, 0.2) is 12.1 Å². The highest BCUT2D eigenvalue weighted by molar-refractivity contribution is 5.85. The Labute approximate surface area is 124 Å². The molecule has 0 amide bonds. The maximum absolute atomic E-state index is 14.1. The van der Waals surface area contributed by atoms with Crippen molar-refractivity contribution in [3.63, 3.8) is 0 Å². The quantitative estimate of drug-likeness (QED) is 0.726. The molecule has 0 aliphatic heterocycles. The molecular weight excluding hydrogens is 287 g/mol. The van der Waals surface area contributed by atoms with Crippen LogP contribution in [0.4, 0.5) is 4.39 Å². The minimum absolute atomic E-state index is 0. The van der Waals surface area contributed by atoms with Crippen molar-refractivity contribution in [2.45, 2.75) is 27.2 Å². The van der Waals surface area contributed by atoms with Gasteiger partial charge in [-0.15, -0.1) is 12.4 Å². The molecule has 1 aromatic rings. The fourth-order valence-corrected chi connectivity index (χ4v) is 1.63. The van der Waals surface area contributed by atoms with Crippen LogP contribution in [0.25, 0.3) is 0 Å². The van der Waals surface area contributed by atoms with E-state index < -0.39 is 11.8 Å². The van der Waals surface area contributed by atoms with Gasteiger partial charge in [0.05, 0.1) is 26.2 Å². The van der Waals surface area contributed by atoms with Gasteiger partial charge in [-0.3, -0.25) is 4.79 Å². The summed E-state index contributed by atoms with van der Waals surface area (Å²) in [5.74, 6) is -0.449. The zero-order chi connectivity index (χ0) is 14.3. The number of benzene rings is 1. The van der Waals surface area contributed by atoms with Gasteiger partial charge in [-0.1, -0.05) is 0 Å². The molecule has 0 heterocycles. The number of hydrogen-bond acceptors (Lipinski definition) is 4. The average Bonchev–Trinajstić information content (AvgIpc) is 2.36. The van der Waals surface area contributed by atoms with Crippen molar-refractivity contribution in [3.05, 3.63) is 23.5 Å². The summed E-state index contributed by atoms with van der Waals surface area (Å²) in [6, 6.07) is 2.98. The Morgan fingerprint density at radius 2 is 1.75 bits per heavy atom. The third kappa shape index (κ3) is 5.25. The first-order valence-corrected chi connectivity index (χ1v) is 6.35. The number of carbonyl (C=O) groups excluding carboxylic acids is 1. The van der Waals surface area contributed by atoms with Crippen molar-refractivity contribution in [2.75, 3.05) is 19.8 Å². The highest BCUT2D eigenvalue weighted by Gasteiger charge is 2.16. The van der Waals surface area contributed by atoms with E-state index in [1.807, 2.05) is 6.92 Å². The van der Waals surface area contributed by atoms with Gasteiger partial charge in [0.25, 0.3) is 0 Å². The summed E-state index contributed by atoms with van der Waals surface area (Å²) in [7, 11) is 0. The lowest BCUT2D eigenvalue weighted by atomic mass is 10.1. The first kappa shape index (κ1) is 18.5. The van der Waals surface area contributed by atoms with Gasteiger partial charge in [0.2, 0.25) is 0 Å². The Morgan fingerprint density at radius 1 is 1.10 bits per heavy atom. The maximum Gasteiger partial charge on any atom is 0.310 e. The van der Waals surface area contributed by atoms with Crippen LogP contribution in [0.2, 0.25) is 0 Å². The summed E-state index contributed by atoms with van der Waals surface area (Å²) in [6.45, 7) is 6.36. The monoisotopic (exact) mass is 306 g/mol. The zero-order valence-corrected chi connectivity index (χ0v) is 12.7. The van der Waals surface area contributed by atoms with E-state index in [0.717, 1.165) is 0 Å². The predicted molar refractivity (Wildman–Crippen MR) is 76.3 cm³/mol. The highest BCUT2D eigenvalue weighted by atomic mass is 35.5. The molecule has 0 spiro atoms. The van der Waals surface area contributed by atoms with Crippen molar-refractivity contribution in [3.8, 4) is 11.5 Å². The van der Waals surface area contributed by atoms with Gasteiger partial charge in [-0.2, -0.15) is 0 Å². The first-order valence-electron chi connectivity index (χ1n) is 6.35. The minimum Gasteiger partial charge on any atom is -0.494 e. The molecule has 0 aliphatic carbocycles. The molecule has 0 atom stereocenters. The standard InChI is InChI=1S/C14H19FO4.ClH/c1-4-17-11-7-10(8-13(16)19-6-3)14(15)12(9-11)18-5-2;/h7,9H,4-6,8H2,1-3H3;1H. The molecule has 0 radical (unpaired) electrons. The highest BCUT2D eigenvalue weighted by Crippen LogP contribution is 2.28. The van der Waals surface area contributed by atoms with Crippen LogP contribution in [0.3, 0.4) is 0 Å². The molecule has 0 aliphatic rings. The Bertz CT molecular complexity index is 437. The van der Waals surface area contributed by atoms with Gasteiger partial charge in [0, 0.05) is 11.6 Å². The molecule has 0 saturated carbocycles. The summed E-state index contributed by atoms with van der Waals surface area (Å²) < 4.78 is 29.4. The van der Waals surface area contributed by atoms with Gasteiger partial charge in [0.1, 0.15) is 5.75 Å². The Morgan fingerprint density at radius 3 is 2.30 bits per heavy atom. The molecule has 114 valence electrons. The van der Waals surface area contributed by atoms with E-state index in [-0.39, 0.29) is 36.7 Å². The molecular formula is C14H20ClFO4. The second-order valence-corrected chi connectivity index (χ2v) is 3.74. The zero-order valence-electron chi connectivity index (χ0n) is 11.9. The summed E-state index contributed by atoms with van der Waals surface area (Å²) in [6.07, 6.45) is -0.138. The van der Waals surface area contributed by atoms with Gasteiger partial charge >= 0.3 is 5.97 Å². The summed E-state index contributed by atoms with van der Waals surface area (Å²) in [5, 5.41) is 0. The van der Waals surface area contributed by atoms with E-state index in [9.17, 15) is 9.18 Å². The minimum atomic E-state index is -0.543. The first-order chi connectivity index (χ1) is 9.12. The normalized spacial score (nSPS) is 9.60. The lowest BCUT2D eigenvalue weighted by molar-refractivity contribution is -0.142. The van der Waals surface area contributed by atoms with E-state index in [0.29, 0.717) is 19.0 Å². The molecule has 0 unspecified atom stereocenters. The van der Waals surface area contributed by atoms with Crippen LogP contribution in [0.1, 0.15) is 26.3 Å². The number of ether oxygens (including phenoxy) is 3. The molecule has 6 heteroatoms. The molecule has 0 N–H and O–H groups in total. The smallest absolute Gasteiger partial charge is 0.310 e. The van der Waals surface area contributed by atoms with Crippen molar-refractivity contribution in [2.24, 2.45) is 0 Å². The van der Waals surface area contributed by atoms with Gasteiger partial charge in [0.15, 0.2) is 11.6 Å². The molecule has 0 aromatic heterocycles. The summed E-state index contributed by atoms with van der Waals surface area (Å²) in [4.78, 5) is 11.4. The third-order valence-electron chi connectivity index (χ3n) is 2.34. The van der Waals surface area contributed by atoms with Crippen LogP contribution >= 0.6 is 12.4 Å². The van der Waals surface area contributed by atoms with Crippen molar-refractivity contribution in [1.82, 2.24) is 0 Å². The average molecular weight is 307 g/mol. The molecule has 1 rings (SSSR count). The van der Waals surface area contributed by atoms with E-state index >= 15 is 0 Å². The Kier molecular flexibility index (Phi) is 8.72. The molecule has 0 saturated heterocycles. The van der Waals surface area contributed by atoms with Crippen LogP contribution in [0.5, 0.6) is 11.5 Å². The fraction of sp³-hybridized carbons (Fsp3) is 0.500. The number of rotatable bonds is 7. The van der Waals surface area contributed by atoms with Crippen LogP contribution < -0.4 is 9.47 Å². The van der Waals surface area contributed by atoms with E-state index in [2.05, 4.69) is 0 Å². The number of esters is 1. The largest absolute Gasteiger partial charge is 0.494 e. The van der Waals surface area contributed by atoms with Gasteiger partial charge in [-0.25, -0.2) is 4.39 Å². The van der Waals surface area contributed by atoms with Gasteiger partial charge in [-0.05, 0) is 26.8 Å². The van der Waals surface area contributed by atoms with Crippen LogP contribution in [0, 0.1) is 5.82 Å². The van der Waals surface area contributed by atoms with Gasteiger partial charge < -0.3 is 14.2 Å². The summed E-state index contributed by atoms with van der Waals surface area (Å²) >= 11 is 0. The molecule has 20 heavy (non-hydrogen) atoms. The van der Waals surface area contributed by atoms with E-state index in [4.69, 9.17) is 14.2 Å². The van der Waals surface area contributed by atoms with Crippen molar-refractivity contribution < 1.29 is 23.4 Å². The molecule has 4 nitrogen and oxygen atoms in total. The SMILES string of the molecule is CCOC(=O)Cc1cc(OCC)cc(OCC)c1F.Cl. The third-order valence-corrected chi connectivity index (χ3v) is 2.34. The topological polar surface area (TPSA) is 44.8 Å². The number of halogens is 2. The number of carbonyl (C=O) groups is 1. The lowest BCUT2D eigenvalue weighted by Crippen LogP contribution is -2.10. The lowest BCUT2D eigenvalue weighted by Gasteiger charge is -2.12. The van der Waals surface area contributed by atoms with Crippen LogP contribution in [-0.2, 0) is 16.0 Å². The molecule has 0 bridgehead atoms. The van der Waals surface area contributed by atoms with Crippen LogP contribution in [-0.4, -0.2) is 25.8 Å². The molecule has 0 fully saturated rings. The Balaban J connectivity index is 0.00000361. The van der Waals surface area contributed by atoms with Crippen molar-refractivity contribution >= 4 is 18.4 Å². The van der Waals surface area contributed by atoms with E-state index in [1.54, 1.807) is 13.8 Å².